The first-order valence-corrected chi connectivity index (χ1v) is 18.6. The third kappa shape index (κ3) is 9.18. The maximum atomic E-state index is 13.9. The molecule has 2 amide bonds. The molecule has 0 bridgehead atoms. The van der Waals surface area contributed by atoms with E-state index < -0.39 is 13.9 Å². The van der Waals surface area contributed by atoms with Gasteiger partial charge in [0, 0.05) is 18.8 Å². The first kappa shape index (κ1) is 33.9. The summed E-state index contributed by atoms with van der Waals surface area (Å²) in [4.78, 5) is 30.7. The molecule has 2 aromatic carbocycles. The molecular weight excluding hydrogens is 540 g/mol. The van der Waals surface area contributed by atoms with Crippen LogP contribution in [-0.4, -0.2) is 50.5 Å². The number of carbonyl (C=O) groups excluding carboxylic acids is 2. The lowest BCUT2D eigenvalue weighted by molar-refractivity contribution is -0.161. The van der Waals surface area contributed by atoms with Crippen LogP contribution in [0, 0.1) is 5.92 Å². The summed E-state index contributed by atoms with van der Waals surface area (Å²) in [5.41, 5.74) is 2.60. The van der Waals surface area contributed by atoms with Gasteiger partial charge in [-0.1, -0.05) is 76.1 Å². The molecule has 6 nitrogen and oxygen atoms in total. The number of hydrogen-bond donors (Lipinski definition) is 0. The van der Waals surface area contributed by atoms with Gasteiger partial charge in [-0.25, -0.2) is 4.79 Å². The molecule has 2 aromatic rings. The van der Waals surface area contributed by atoms with E-state index in [-0.39, 0.29) is 28.9 Å². The lowest BCUT2D eigenvalue weighted by Crippen LogP contribution is -2.47. The van der Waals surface area contributed by atoms with Crippen LogP contribution in [0.5, 0.6) is 0 Å². The predicted octanol–water partition coefficient (Wildman–Crippen LogP) is 8.77. The third-order valence-corrected chi connectivity index (χ3v) is 13.3. The zero-order valence-electron chi connectivity index (χ0n) is 27.5. The highest BCUT2D eigenvalue weighted by molar-refractivity contribution is 6.74. The minimum Gasteiger partial charge on any atom is -0.460 e. The van der Waals surface area contributed by atoms with Crippen LogP contribution >= 0.6 is 0 Å². The van der Waals surface area contributed by atoms with Gasteiger partial charge >= 0.3 is 12.0 Å². The molecule has 7 heteroatoms. The van der Waals surface area contributed by atoms with Crippen LogP contribution in [0.3, 0.4) is 0 Å². The van der Waals surface area contributed by atoms with Crippen LogP contribution in [0.15, 0.2) is 54.6 Å². The molecular formula is C35H54N2O4Si. The lowest BCUT2D eigenvalue weighted by Gasteiger charge is -2.37. The van der Waals surface area contributed by atoms with Gasteiger partial charge in [0.15, 0.2) is 8.32 Å². The van der Waals surface area contributed by atoms with E-state index in [4.69, 9.17) is 9.16 Å². The Balaban J connectivity index is 1.76. The van der Waals surface area contributed by atoms with E-state index in [1.54, 1.807) is 0 Å². The van der Waals surface area contributed by atoms with E-state index in [1.807, 2.05) is 67.8 Å². The van der Waals surface area contributed by atoms with Crippen molar-refractivity contribution in [3.8, 4) is 0 Å². The van der Waals surface area contributed by atoms with Crippen molar-refractivity contribution >= 4 is 26.0 Å². The first-order chi connectivity index (χ1) is 19.6. The number of ether oxygens (including phenoxy) is 1. The molecule has 0 radical (unpaired) electrons. The van der Waals surface area contributed by atoms with Crippen molar-refractivity contribution < 1.29 is 18.8 Å². The Morgan fingerprint density at radius 3 is 2.10 bits per heavy atom. The SMILES string of the molecule is CCN(CCO[Si](C)(C)C(C)(C)C)C(=O)N(Cc1ccc([C@@H]2CCCC[C@H]2C(=O)OC(C)(C)C)cc1)c1ccccc1. The molecule has 0 unspecified atom stereocenters. The highest BCUT2D eigenvalue weighted by Gasteiger charge is 2.37. The number of anilines is 1. The third-order valence-electron chi connectivity index (χ3n) is 8.81. The van der Waals surface area contributed by atoms with Gasteiger partial charge in [0.25, 0.3) is 0 Å². The molecule has 232 valence electrons. The van der Waals surface area contributed by atoms with Crippen molar-refractivity contribution in [1.29, 1.82) is 0 Å². The Morgan fingerprint density at radius 1 is 0.905 bits per heavy atom. The number of nitrogens with zero attached hydrogens (tertiary/aromatic N) is 2. The standard InChI is InChI=1S/C35H54N2O4Si/c1-10-36(24-25-40-42(8,9)35(5,6)7)33(39)37(29-16-12-11-13-17-29)26-27-20-22-28(23-21-27)30-18-14-15-19-31(30)32(38)41-34(2,3)4/h11-13,16-17,20-23,30-31H,10,14-15,18-19,24-26H2,1-9H3/t30-,31+/m0/s1. The average molecular weight is 595 g/mol. The zero-order valence-corrected chi connectivity index (χ0v) is 28.5. The molecule has 42 heavy (non-hydrogen) atoms. The van der Waals surface area contributed by atoms with Crippen LogP contribution in [-0.2, 0) is 20.5 Å². The van der Waals surface area contributed by atoms with E-state index in [9.17, 15) is 9.59 Å². The largest absolute Gasteiger partial charge is 0.460 e. The Hall–Kier alpha value is -2.64. The molecule has 0 saturated heterocycles. The van der Waals surface area contributed by atoms with Crippen LogP contribution in [0.4, 0.5) is 10.5 Å². The van der Waals surface area contributed by atoms with E-state index >= 15 is 0 Å². The fraction of sp³-hybridized carbons (Fsp3) is 0.600. The van der Waals surface area contributed by atoms with Gasteiger partial charge < -0.3 is 14.1 Å². The number of hydrogen-bond acceptors (Lipinski definition) is 4. The Labute approximate surface area is 255 Å². The molecule has 1 fully saturated rings. The van der Waals surface area contributed by atoms with Crippen LogP contribution < -0.4 is 4.90 Å². The van der Waals surface area contributed by atoms with E-state index in [0.29, 0.717) is 26.2 Å². The van der Waals surface area contributed by atoms with Crippen molar-refractivity contribution in [2.45, 2.75) is 110 Å². The molecule has 2 atom stereocenters. The molecule has 1 saturated carbocycles. The second-order valence-corrected chi connectivity index (χ2v) is 19.0. The molecule has 0 spiro atoms. The number of para-hydroxylation sites is 1. The molecule has 0 heterocycles. The van der Waals surface area contributed by atoms with Crippen molar-refractivity contribution in [3.63, 3.8) is 0 Å². The highest BCUT2D eigenvalue weighted by Crippen LogP contribution is 2.39. The van der Waals surface area contributed by atoms with Crippen molar-refractivity contribution in [1.82, 2.24) is 4.90 Å². The summed E-state index contributed by atoms with van der Waals surface area (Å²) in [6, 6.07) is 18.3. The molecule has 0 aliphatic heterocycles. The number of urea groups is 1. The molecule has 3 rings (SSSR count). The quantitative estimate of drug-likeness (QED) is 0.204. The molecule has 1 aliphatic carbocycles. The number of esters is 1. The molecule has 1 aliphatic rings. The van der Waals surface area contributed by atoms with Gasteiger partial charge in [-0.05, 0) is 87.8 Å². The van der Waals surface area contributed by atoms with Crippen LogP contribution in [0.2, 0.25) is 18.1 Å². The number of amides is 2. The fourth-order valence-electron chi connectivity index (χ4n) is 5.31. The average Bonchev–Trinajstić information content (AvgIpc) is 2.93. The van der Waals surface area contributed by atoms with Gasteiger partial charge in [-0.2, -0.15) is 0 Å². The van der Waals surface area contributed by atoms with Gasteiger partial charge in [0.2, 0.25) is 0 Å². The fourth-order valence-corrected chi connectivity index (χ4v) is 6.34. The maximum Gasteiger partial charge on any atom is 0.324 e. The predicted molar refractivity (Wildman–Crippen MR) is 175 cm³/mol. The summed E-state index contributed by atoms with van der Waals surface area (Å²) in [7, 11) is -1.90. The highest BCUT2D eigenvalue weighted by atomic mass is 28.4. The smallest absolute Gasteiger partial charge is 0.324 e. The maximum absolute atomic E-state index is 13.9. The summed E-state index contributed by atoms with van der Waals surface area (Å²) in [6.07, 6.45) is 4.03. The van der Waals surface area contributed by atoms with E-state index in [2.05, 4.69) is 58.1 Å². The summed E-state index contributed by atoms with van der Waals surface area (Å²) in [5.74, 6) is -0.0434. The number of carbonyl (C=O) groups is 2. The summed E-state index contributed by atoms with van der Waals surface area (Å²) in [6.45, 7) is 21.2. The Morgan fingerprint density at radius 2 is 1.52 bits per heavy atom. The van der Waals surface area contributed by atoms with Gasteiger partial charge in [-0.3, -0.25) is 9.69 Å². The summed E-state index contributed by atoms with van der Waals surface area (Å²) < 4.78 is 12.2. The zero-order chi connectivity index (χ0) is 31.1. The first-order valence-electron chi connectivity index (χ1n) is 15.7. The molecule has 0 aromatic heterocycles. The second kappa shape index (κ2) is 14.2. The normalized spacial score (nSPS) is 17.9. The lowest BCUT2D eigenvalue weighted by atomic mass is 9.75. The summed E-state index contributed by atoms with van der Waals surface area (Å²) >= 11 is 0. The minimum atomic E-state index is -1.90. The van der Waals surface area contributed by atoms with Crippen molar-refractivity contribution in [3.05, 3.63) is 65.7 Å². The second-order valence-electron chi connectivity index (χ2n) is 14.2. The summed E-state index contributed by atoms with van der Waals surface area (Å²) in [5, 5.41) is 0.126. The minimum absolute atomic E-state index is 0.0242. The topological polar surface area (TPSA) is 59.1 Å². The van der Waals surface area contributed by atoms with Crippen LogP contribution in [0.1, 0.15) is 91.2 Å². The van der Waals surface area contributed by atoms with Gasteiger partial charge in [-0.15, -0.1) is 0 Å². The Kier molecular flexibility index (Phi) is 11.5. The van der Waals surface area contributed by atoms with Crippen LogP contribution in [0.25, 0.3) is 0 Å². The molecule has 0 N–H and O–H groups in total. The van der Waals surface area contributed by atoms with E-state index in [0.717, 1.165) is 36.9 Å². The van der Waals surface area contributed by atoms with Gasteiger partial charge in [0.1, 0.15) is 5.60 Å². The van der Waals surface area contributed by atoms with Crippen molar-refractivity contribution in [2.75, 3.05) is 24.6 Å². The number of benzene rings is 2. The van der Waals surface area contributed by atoms with E-state index in [1.165, 1.54) is 5.56 Å². The van der Waals surface area contributed by atoms with Crippen molar-refractivity contribution in [2.24, 2.45) is 5.92 Å². The number of likely N-dealkylation sites (N-methyl/N-ethyl adjacent to an activating group) is 1. The Bertz CT molecular complexity index is 1150. The number of rotatable bonds is 10. The monoisotopic (exact) mass is 594 g/mol. The van der Waals surface area contributed by atoms with Gasteiger partial charge in [0.05, 0.1) is 19.1 Å².